The van der Waals surface area contributed by atoms with Gasteiger partial charge in [0.25, 0.3) is 0 Å². The molecule has 0 aromatic heterocycles. The van der Waals surface area contributed by atoms with E-state index < -0.39 is 27.0 Å². The predicted octanol–water partition coefficient (Wildman–Crippen LogP) is 0.791. The van der Waals surface area contributed by atoms with Crippen LogP contribution in [0.25, 0.3) is 0 Å². The molecule has 1 aromatic carbocycles. The Morgan fingerprint density at radius 2 is 1.79 bits per heavy atom. The molecule has 1 aromatic rings. The highest BCUT2D eigenvalue weighted by Crippen LogP contribution is 2.39. The summed E-state index contributed by atoms with van der Waals surface area (Å²) in [7, 11) is 0. The number of phenols is 1. The third-order valence-electron chi connectivity index (χ3n) is 1.54. The van der Waals surface area contributed by atoms with Gasteiger partial charge in [0.15, 0.2) is 0 Å². The molecule has 74 valence electrons. The van der Waals surface area contributed by atoms with Crippen LogP contribution in [-0.4, -0.2) is 15.0 Å². The van der Waals surface area contributed by atoms with E-state index in [1.807, 2.05) is 0 Å². The average molecular weight is 199 g/mol. The number of benzene rings is 1. The molecule has 3 N–H and O–H groups in total. The van der Waals surface area contributed by atoms with Gasteiger partial charge in [0.05, 0.1) is 15.5 Å². The van der Waals surface area contributed by atoms with Crippen molar-refractivity contribution >= 4 is 17.1 Å². The molecule has 0 amide bonds. The Morgan fingerprint density at radius 3 is 2.21 bits per heavy atom. The number of hydrogen-bond donors (Lipinski definition) is 2. The predicted molar refractivity (Wildman–Crippen MR) is 45.8 cm³/mol. The maximum Gasteiger partial charge on any atom is 0.389 e. The summed E-state index contributed by atoms with van der Waals surface area (Å²) in [5.41, 5.74) is 3.09. The fourth-order valence-electron chi connectivity index (χ4n) is 0.912. The van der Waals surface area contributed by atoms with E-state index in [9.17, 15) is 20.2 Å². The van der Waals surface area contributed by atoms with E-state index in [4.69, 9.17) is 10.8 Å². The van der Waals surface area contributed by atoms with Gasteiger partial charge in [-0.05, 0) is 6.07 Å². The number of nitro groups is 2. The summed E-state index contributed by atoms with van der Waals surface area (Å²) >= 11 is 0. The summed E-state index contributed by atoms with van der Waals surface area (Å²) in [5.74, 6) is -0.885. The third kappa shape index (κ3) is 1.40. The van der Waals surface area contributed by atoms with Gasteiger partial charge >= 0.3 is 11.4 Å². The lowest BCUT2D eigenvalue weighted by molar-refractivity contribution is -0.423. The lowest BCUT2D eigenvalue weighted by Gasteiger charge is -1.99. The van der Waals surface area contributed by atoms with Crippen molar-refractivity contribution in [3.8, 4) is 5.75 Å². The molecule has 1 rings (SSSR count). The number of nitrogens with two attached hydrogens (primary N) is 1. The molecule has 0 saturated heterocycles. The van der Waals surface area contributed by atoms with Crippen LogP contribution < -0.4 is 5.73 Å². The van der Waals surface area contributed by atoms with Gasteiger partial charge in [-0.25, -0.2) is 0 Å². The highest BCUT2D eigenvalue weighted by atomic mass is 16.6. The molecule has 0 aliphatic heterocycles. The minimum absolute atomic E-state index is 0.276. The largest absolute Gasteiger partial charge is 0.500 e. The molecular weight excluding hydrogens is 194 g/mol. The standard InChI is InChI=1S/C6H5N3O5/c7-3-1-2-4(8(11)12)5(6(3)10)9(13)14/h1-2,10H,7H2. The fraction of sp³-hybridized carbons (Fsp3) is 0. The first kappa shape index (κ1) is 9.71. The lowest BCUT2D eigenvalue weighted by Crippen LogP contribution is -1.98. The first-order valence-corrected chi connectivity index (χ1v) is 3.35. The minimum atomic E-state index is -1.05. The Morgan fingerprint density at radius 1 is 1.21 bits per heavy atom. The molecule has 0 bridgehead atoms. The van der Waals surface area contributed by atoms with Crippen LogP contribution in [0.4, 0.5) is 17.1 Å². The molecule has 8 nitrogen and oxygen atoms in total. The van der Waals surface area contributed by atoms with Crippen LogP contribution in [-0.2, 0) is 0 Å². The van der Waals surface area contributed by atoms with Crippen molar-refractivity contribution in [2.24, 2.45) is 0 Å². The fourth-order valence-corrected chi connectivity index (χ4v) is 0.912. The van der Waals surface area contributed by atoms with Gasteiger partial charge in [-0.2, -0.15) is 0 Å². The third-order valence-corrected chi connectivity index (χ3v) is 1.54. The van der Waals surface area contributed by atoms with Gasteiger partial charge < -0.3 is 10.8 Å². The summed E-state index contributed by atoms with van der Waals surface area (Å²) in [5, 5.41) is 29.9. The van der Waals surface area contributed by atoms with Crippen molar-refractivity contribution in [2.75, 3.05) is 5.73 Å². The first-order valence-electron chi connectivity index (χ1n) is 3.35. The van der Waals surface area contributed by atoms with Gasteiger partial charge in [-0.3, -0.25) is 20.2 Å². The zero-order valence-corrected chi connectivity index (χ0v) is 6.71. The van der Waals surface area contributed by atoms with E-state index in [-0.39, 0.29) is 5.69 Å². The minimum Gasteiger partial charge on any atom is -0.500 e. The molecule has 0 heterocycles. The SMILES string of the molecule is Nc1ccc([N+](=O)[O-])c([N+](=O)[O-])c1O. The smallest absolute Gasteiger partial charge is 0.389 e. The molecular formula is C6H5N3O5. The molecule has 14 heavy (non-hydrogen) atoms. The van der Waals surface area contributed by atoms with E-state index in [0.717, 1.165) is 12.1 Å². The second-order valence-corrected chi connectivity index (χ2v) is 2.39. The van der Waals surface area contributed by atoms with Crippen LogP contribution in [0, 0.1) is 20.2 Å². The highest BCUT2D eigenvalue weighted by Gasteiger charge is 2.30. The summed E-state index contributed by atoms with van der Waals surface area (Å²) < 4.78 is 0. The van der Waals surface area contributed by atoms with Crippen molar-refractivity contribution in [1.29, 1.82) is 0 Å². The van der Waals surface area contributed by atoms with Crippen LogP contribution in [0.2, 0.25) is 0 Å². The van der Waals surface area contributed by atoms with E-state index in [1.54, 1.807) is 0 Å². The Bertz CT molecular complexity index is 416. The highest BCUT2D eigenvalue weighted by molar-refractivity contribution is 5.71. The Hall–Kier alpha value is -2.38. The number of phenolic OH excluding ortho intramolecular Hbond substituents is 1. The van der Waals surface area contributed by atoms with Crippen LogP contribution in [0.5, 0.6) is 5.75 Å². The maximum atomic E-state index is 10.4. The van der Waals surface area contributed by atoms with Crippen LogP contribution in [0.15, 0.2) is 12.1 Å². The Balaban J connectivity index is 3.53. The molecule has 0 saturated carbocycles. The van der Waals surface area contributed by atoms with Crippen molar-refractivity contribution in [2.45, 2.75) is 0 Å². The molecule has 8 heteroatoms. The zero-order chi connectivity index (χ0) is 10.9. The van der Waals surface area contributed by atoms with Gasteiger partial charge in [0.1, 0.15) is 0 Å². The number of rotatable bonds is 2. The number of nitrogens with zero attached hydrogens (tertiary/aromatic N) is 2. The summed E-state index contributed by atoms with van der Waals surface area (Å²) in [6, 6.07) is 1.90. The first-order chi connectivity index (χ1) is 6.45. The normalized spacial score (nSPS) is 9.71. The molecule has 0 aliphatic carbocycles. The van der Waals surface area contributed by atoms with E-state index in [0.29, 0.717) is 0 Å². The molecule has 0 fully saturated rings. The second kappa shape index (κ2) is 3.17. The summed E-state index contributed by atoms with van der Waals surface area (Å²) in [6.07, 6.45) is 0. The Labute approximate surface area is 76.9 Å². The molecule has 0 radical (unpaired) electrons. The number of anilines is 1. The Kier molecular flexibility index (Phi) is 2.19. The maximum absolute atomic E-state index is 10.4. The van der Waals surface area contributed by atoms with E-state index in [1.165, 1.54) is 0 Å². The number of aromatic hydroxyl groups is 1. The van der Waals surface area contributed by atoms with Crippen molar-refractivity contribution in [3.63, 3.8) is 0 Å². The van der Waals surface area contributed by atoms with Crippen molar-refractivity contribution < 1.29 is 15.0 Å². The number of nitrogen functional groups attached to an aromatic ring is 1. The van der Waals surface area contributed by atoms with Gasteiger partial charge in [0, 0.05) is 6.07 Å². The second-order valence-electron chi connectivity index (χ2n) is 2.39. The molecule has 0 atom stereocenters. The van der Waals surface area contributed by atoms with Crippen molar-refractivity contribution in [3.05, 3.63) is 32.4 Å². The van der Waals surface area contributed by atoms with Gasteiger partial charge in [-0.15, -0.1) is 0 Å². The quantitative estimate of drug-likeness (QED) is 0.313. The van der Waals surface area contributed by atoms with Crippen LogP contribution in [0.1, 0.15) is 0 Å². The topological polar surface area (TPSA) is 133 Å². The molecule has 0 unspecified atom stereocenters. The monoisotopic (exact) mass is 199 g/mol. The number of nitro benzene ring substituents is 2. The van der Waals surface area contributed by atoms with Crippen LogP contribution in [0.3, 0.4) is 0 Å². The molecule has 0 aliphatic rings. The van der Waals surface area contributed by atoms with Gasteiger partial charge in [0.2, 0.25) is 5.75 Å². The van der Waals surface area contributed by atoms with E-state index >= 15 is 0 Å². The lowest BCUT2D eigenvalue weighted by atomic mass is 10.2. The average Bonchev–Trinajstić information content (AvgIpc) is 2.08. The summed E-state index contributed by atoms with van der Waals surface area (Å²) in [4.78, 5) is 18.7. The summed E-state index contributed by atoms with van der Waals surface area (Å²) in [6.45, 7) is 0. The van der Waals surface area contributed by atoms with Gasteiger partial charge in [-0.1, -0.05) is 0 Å². The van der Waals surface area contributed by atoms with Crippen LogP contribution >= 0.6 is 0 Å². The van der Waals surface area contributed by atoms with Crippen molar-refractivity contribution in [1.82, 2.24) is 0 Å². The number of hydrogen-bond acceptors (Lipinski definition) is 6. The van der Waals surface area contributed by atoms with E-state index in [2.05, 4.69) is 0 Å². The zero-order valence-electron chi connectivity index (χ0n) is 6.71. The molecule has 0 spiro atoms.